The molecule has 1 amide bonds. The van der Waals surface area contributed by atoms with Crippen molar-refractivity contribution in [3.8, 4) is 11.5 Å². The van der Waals surface area contributed by atoms with Gasteiger partial charge in [-0.25, -0.2) is 0 Å². The fourth-order valence-corrected chi connectivity index (χ4v) is 3.73. The van der Waals surface area contributed by atoms with Crippen LogP contribution in [-0.4, -0.2) is 36.7 Å². The van der Waals surface area contributed by atoms with Gasteiger partial charge in [-0.1, -0.05) is 11.6 Å². The first-order chi connectivity index (χ1) is 11.7. The Morgan fingerprint density at radius 1 is 1.21 bits per heavy atom. The molecule has 0 bridgehead atoms. The number of benzene rings is 1. The van der Waals surface area contributed by atoms with Gasteiger partial charge in [0.2, 0.25) is 12.7 Å². The Bertz CT molecular complexity index is 633. The van der Waals surface area contributed by atoms with Gasteiger partial charge in [0, 0.05) is 36.6 Å². The molecule has 1 N–H and O–H groups in total. The minimum atomic E-state index is 0.259. The molecule has 1 saturated carbocycles. The minimum Gasteiger partial charge on any atom is -0.454 e. The van der Waals surface area contributed by atoms with E-state index in [1.165, 1.54) is 12.8 Å². The van der Waals surface area contributed by atoms with Crippen molar-refractivity contribution in [1.29, 1.82) is 0 Å². The zero-order chi connectivity index (χ0) is 16.5. The van der Waals surface area contributed by atoms with Crippen LogP contribution in [0, 0.1) is 5.92 Å². The van der Waals surface area contributed by atoms with Gasteiger partial charge in [0.05, 0.1) is 0 Å². The number of rotatable bonds is 7. The number of likely N-dealkylation sites (tertiary alicyclic amines) is 1. The summed E-state index contributed by atoms with van der Waals surface area (Å²) >= 11 is 6.29. The van der Waals surface area contributed by atoms with E-state index in [4.69, 9.17) is 21.1 Å². The van der Waals surface area contributed by atoms with E-state index >= 15 is 0 Å². The van der Waals surface area contributed by atoms with Crippen LogP contribution in [0.2, 0.25) is 5.02 Å². The summed E-state index contributed by atoms with van der Waals surface area (Å²) in [6, 6.07) is 4.15. The summed E-state index contributed by atoms with van der Waals surface area (Å²) in [4.78, 5) is 14.1. The van der Waals surface area contributed by atoms with Crippen molar-refractivity contribution in [2.75, 3.05) is 19.9 Å². The highest BCUT2D eigenvalue weighted by atomic mass is 35.5. The van der Waals surface area contributed by atoms with Crippen LogP contribution in [0.25, 0.3) is 0 Å². The molecule has 5 nitrogen and oxygen atoms in total. The number of carbonyl (C=O) groups is 1. The lowest BCUT2D eigenvalue weighted by atomic mass is 10.1. The highest BCUT2D eigenvalue weighted by Gasteiger charge is 2.34. The van der Waals surface area contributed by atoms with Crippen LogP contribution < -0.4 is 14.8 Å². The molecular formula is C18H23ClN2O3. The third-order valence-electron chi connectivity index (χ3n) is 5.12. The van der Waals surface area contributed by atoms with Gasteiger partial charge in [0.15, 0.2) is 11.5 Å². The first-order valence-electron chi connectivity index (χ1n) is 8.79. The number of nitrogens with one attached hydrogen (secondary N) is 1. The molecule has 1 unspecified atom stereocenters. The third-order valence-corrected chi connectivity index (χ3v) is 5.47. The van der Waals surface area contributed by atoms with E-state index in [0.29, 0.717) is 35.7 Å². The van der Waals surface area contributed by atoms with E-state index in [9.17, 15) is 4.79 Å². The normalized spacial score (nSPS) is 22.5. The first kappa shape index (κ1) is 16.0. The van der Waals surface area contributed by atoms with Crippen molar-refractivity contribution in [3.63, 3.8) is 0 Å². The predicted molar refractivity (Wildman–Crippen MR) is 91.4 cm³/mol. The van der Waals surface area contributed by atoms with E-state index in [1.54, 1.807) is 0 Å². The molecule has 0 spiro atoms. The van der Waals surface area contributed by atoms with Crippen LogP contribution >= 0.6 is 11.6 Å². The summed E-state index contributed by atoms with van der Waals surface area (Å²) in [6.07, 6.45) is 5.29. The Balaban J connectivity index is 1.26. The number of hydrogen-bond donors (Lipinski definition) is 1. The molecule has 1 aromatic rings. The molecule has 1 aliphatic carbocycles. The van der Waals surface area contributed by atoms with Gasteiger partial charge >= 0.3 is 0 Å². The molecule has 24 heavy (non-hydrogen) atoms. The lowest BCUT2D eigenvalue weighted by Gasteiger charge is -2.25. The number of ether oxygens (including phenoxy) is 2. The van der Waals surface area contributed by atoms with Crippen LogP contribution in [0.3, 0.4) is 0 Å². The van der Waals surface area contributed by atoms with E-state index in [-0.39, 0.29) is 6.79 Å². The van der Waals surface area contributed by atoms with Crippen molar-refractivity contribution in [3.05, 3.63) is 22.7 Å². The second-order valence-electron chi connectivity index (χ2n) is 6.94. The molecule has 1 aromatic carbocycles. The van der Waals surface area contributed by atoms with E-state index in [2.05, 4.69) is 10.2 Å². The molecule has 2 aliphatic heterocycles. The lowest BCUT2D eigenvalue weighted by Crippen LogP contribution is -2.36. The van der Waals surface area contributed by atoms with Gasteiger partial charge in [0.25, 0.3) is 0 Å². The van der Waals surface area contributed by atoms with Crippen LogP contribution in [0.4, 0.5) is 0 Å². The van der Waals surface area contributed by atoms with Gasteiger partial charge in [0.1, 0.15) is 0 Å². The van der Waals surface area contributed by atoms with Crippen molar-refractivity contribution >= 4 is 17.5 Å². The van der Waals surface area contributed by atoms with Crippen LogP contribution in [0.5, 0.6) is 11.5 Å². The number of carbonyl (C=O) groups excluding carboxylic acids is 1. The molecule has 0 aromatic heterocycles. The summed E-state index contributed by atoms with van der Waals surface area (Å²) in [7, 11) is 0. The maximum atomic E-state index is 12.0. The predicted octanol–water partition coefficient (Wildman–Crippen LogP) is 2.95. The number of fused-ring (bicyclic) bond motifs is 1. The Labute approximate surface area is 147 Å². The molecule has 2 heterocycles. The number of nitrogens with zero attached hydrogens (tertiary/aromatic N) is 1. The maximum Gasteiger partial charge on any atom is 0.231 e. The SMILES string of the molecule is O=C1CCC(CCNCc2cc3c(cc2Cl)OCO3)N1CC1CC1. The third kappa shape index (κ3) is 3.47. The zero-order valence-corrected chi connectivity index (χ0v) is 14.5. The fraction of sp³-hybridized carbons (Fsp3) is 0.611. The molecule has 0 radical (unpaired) electrons. The van der Waals surface area contributed by atoms with Crippen molar-refractivity contribution in [2.45, 2.75) is 44.7 Å². The van der Waals surface area contributed by atoms with Crippen LogP contribution in [0.15, 0.2) is 12.1 Å². The van der Waals surface area contributed by atoms with Gasteiger partial charge < -0.3 is 19.7 Å². The molecule has 4 rings (SSSR count). The number of hydrogen-bond acceptors (Lipinski definition) is 4. The monoisotopic (exact) mass is 350 g/mol. The topological polar surface area (TPSA) is 50.8 Å². The largest absolute Gasteiger partial charge is 0.454 e. The summed E-state index contributed by atoms with van der Waals surface area (Å²) in [5.41, 5.74) is 1.01. The van der Waals surface area contributed by atoms with Gasteiger partial charge in [-0.05, 0) is 49.8 Å². The molecule has 130 valence electrons. The average Bonchev–Trinajstić information content (AvgIpc) is 3.17. The van der Waals surface area contributed by atoms with Crippen LogP contribution in [0.1, 0.15) is 37.7 Å². The number of amides is 1. The molecule has 3 aliphatic rings. The molecule has 1 atom stereocenters. The van der Waals surface area contributed by atoms with E-state index < -0.39 is 0 Å². The fourth-order valence-electron chi connectivity index (χ4n) is 3.51. The van der Waals surface area contributed by atoms with Crippen molar-refractivity contribution in [1.82, 2.24) is 10.2 Å². The van der Waals surface area contributed by atoms with Crippen molar-refractivity contribution in [2.24, 2.45) is 5.92 Å². The molecule has 6 heteroatoms. The average molecular weight is 351 g/mol. The second-order valence-corrected chi connectivity index (χ2v) is 7.35. The minimum absolute atomic E-state index is 0.259. The Hall–Kier alpha value is -1.46. The molecular weight excluding hydrogens is 328 g/mol. The highest BCUT2D eigenvalue weighted by molar-refractivity contribution is 6.31. The van der Waals surface area contributed by atoms with E-state index in [0.717, 1.165) is 43.2 Å². The van der Waals surface area contributed by atoms with Gasteiger partial charge in [-0.3, -0.25) is 4.79 Å². The smallest absolute Gasteiger partial charge is 0.231 e. The summed E-state index contributed by atoms with van der Waals surface area (Å²) in [5, 5.41) is 4.14. The first-order valence-corrected chi connectivity index (χ1v) is 9.16. The Morgan fingerprint density at radius 3 is 2.79 bits per heavy atom. The summed E-state index contributed by atoms with van der Waals surface area (Å²) in [5.74, 6) is 2.57. The lowest BCUT2D eigenvalue weighted by molar-refractivity contribution is -0.129. The molecule has 1 saturated heterocycles. The molecule has 2 fully saturated rings. The Morgan fingerprint density at radius 2 is 2.00 bits per heavy atom. The van der Waals surface area contributed by atoms with Crippen LogP contribution in [-0.2, 0) is 11.3 Å². The van der Waals surface area contributed by atoms with Crippen molar-refractivity contribution < 1.29 is 14.3 Å². The quantitative estimate of drug-likeness (QED) is 0.768. The second kappa shape index (κ2) is 6.81. The standard InChI is InChI=1S/C18H23ClN2O3/c19-15-8-17-16(23-11-24-17)7-13(15)9-20-6-5-14-3-4-18(22)21(14)10-12-1-2-12/h7-8,12,14,20H,1-6,9-11H2. The number of halogens is 1. The Kier molecular flexibility index (Phi) is 4.55. The van der Waals surface area contributed by atoms with Gasteiger partial charge in [-0.15, -0.1) is 0 Å². The zero-order valence-electron chi connectivity index (χ0n) is 13.7. The maximum absolute atomic E-state index is 12.0. The van der Waals surface area contributed by atoms with E-state index in [1.807, 2.05) is 12.1 Å². The van der Waals surface area contributed by atoms with Gasteiger partial charge in [-0.2, -0.15) is 0 Å². The summed E-state index contributed by atoms with van der Waals surface area (Å²) < 4.78 is 10.7. The highest BCUT2D eigenvalue weighted by Crippen LogP contribution is 2.37. The summed E-state index contributed by atoms with van der Waals surface area (Å²) in [6.45, 7) is 2.80.